The Morgan fingerprint density at radius 1 is 1.22 bits per heavy atom. The molecule has 94 valence electrons. The van der Waals surface area contributed by atoms with Gasteiger partial charge in [0, 0.05) is 5.56 Å². The molecular weight excluding hydrogens is 249 g/mol. The van der Waals surface area contributed by atoms with Crippen LogP contribution in [-0.2, 0) is 6.18 Å². The average molecular weight is 256 g/mol. The zero-order chi connectivity index (χ0) is 13.3. The number of aromatic carboxylic acids is 1. The molecule has 0 fully saturated rings. The lowest BCUT2D eigenvalue weighted by Gasteiger charge is -2.07. The number of aromatic nitrogens is 2. The van der Waals surface area contributed by atoms with E-state index in [2.05, 4.69) is 5.10 Å². The lowest BCUT2D eigenvalue weighted by Crippen LogP contribution is -2.08. The number of carboxylic acid groups (broad SMARTS) is 1. The molecule has 0 aliphatic carbocycles. The number of nitrogens with zero attached hydrogens (tertiary/aromatic N) is 1. The van der Waals surface area contributed by atoms with Crippen molar-refractivity contribution in [1.29, 1.82) is 0 Å². The molecule has 0 aliphatic rings. The first-order chi connectivity index (χ1) is 8.41. The molecule has 0 amide bonds. The van der Waals surface area contributed by atoms with Crippen LogP contribution in [0.5, 0.6) is 0 Å². The van der Waals surface area contributed by atoms with E-state index in [0.29, 0.717) is 0 Å². The van der Waals surface area contributed by atoms with Crippen LogP contribution in [0.4, 0.5) is 13.2 Å². The second kappa shape index (κ2) is 4.17. The van der Waals surface area contributed by atoms with Gasteiger partial charge in [0.05, 0.1) is 0 Å². The minimum atomic E-state index is -4.69. The van der Waals surface area contributed by atoms with Crippen molar-refractivity contribution in [3.8, 4) is 11.1 Å². The Morgan fingerprint density at radius 2 is 1.83 bits per heavy atom. The Balaban J connectivity index is 2.70. The third kappa shape index (κ3) is 2.06. The minimum absolute atomic E-state index is 0.149. The zero-order valence-corrected chi connectivity index (χ0v) is 8.82. The van der Waals surface area contributed by atoms with Gasteiger partial charge in [0.2, 0.25) is 0 Å². The number of benzene rings is 1. The minimum Gasteiger partial charge on any atom is -0.476 e. The number of aromatic amines is 1. The van der Waals surface area contributed by atoms with Gasteiger partial charge in [-0.2, -0.15) is 18.3 Å². The van der Waals surface area contributed by atoms with E-state index in [1.165, 1.54) is 24.3 Å². The molecule has 7 heteroatoms. The molecule has 0 bridgehead atoms. The molecule has 1 heterocycles. The predicted octanol–water partition coefficient (Wildman–Crippen LogP) is 2.79. The van der Waals surface area contributed by atoms with Gasteiger partial charge in [-0.3, -0.25) is 5.10 Å². The van der Waals surface area contributed by atoms with Crippen molar-refractivity contribution in [2.75, 3.05) is 0 Å². The van der Waals surface area contributed by atoms with E-state index >= 15 is 0 Å². The highest BCUT2D eigenvalue weighted by Gasteiger charge is 2.38. The molecule has 0 aliphatic heterocycles. The summed E-state index contributed by atoms with van der Waals surface area (Å²) < 4.78 is 38.2. The van der Waals surface area contributed by atoms with E-state index in [9.17, 15) is 18.0 Å². The Kier molecular flexibility index (Phi) is 2.82. The number of H-pyrrole nitrogens is 1. The van der Waals surface area contributed by atoms with Gasteiger partial charge in [0.25, 0.3) is 0 Å². The number of carboxylic acids is 1. The van der Waals surface area contributed by atoms with E-state index < -0.39 is 29.1 Å². The summed E-state index contributed by atoms with van der Waals surface area (Å²) in [4.78, 5) is 10.9. The molecule has 1 aromatic heterocycles. The van der Waals surface area contributed by atoms with Crippen molar-refractivity contribution in [2.24, 2.45) is 0 Å². The predicted molar refractivity (Wildman–Crippen MR) is 56.0 cm³/mol. The third-order valence-corrected chi connectivity index (χ3v) is 2.31. The van der Waals surface area contributed by atoms with E-state index in [-0.39, 0.29) is 5.56 Å². The second-order valence-corrected chi connectivity index (χ2v) is 3.49. The molecule has 0 saturated carbocycles. The molecule has 4 nitrogen and oxygen atoms in total. The topological polar surface area (TPSA) is 66.0 Å². The number of nitrogens with one attached hydrogen (secondary N) is 1. The van der Waals surface area contributed by atoms with Crippen molar-refractivity contribution in [3.63, 3.8) is 0 Å². The standard InChI is InChI=1S/C11H7F3N2O2/c12-11(13,14)9-7(6-4-2-1-3-5-6)8(10(17)18)15-16-9/h1-5H,(H,15,16)(H,17,18). The van der Waals surface area contributed by atoms with Gasteiger partial charge in [-0.05, 0) is 5.56 Å². The van der Waals surface area contributed by atoms with E-state index in [4.69, 9.17) is 5.11 Å². The fourth-order valence-electron chi connectivity index (χ4n) is 1.59. The van der Waals surface area contributed by atoms with Crippen LogP contribution < -0.4 is 0 Å². The maximum absolute atomic E-state index is 12.7. The van der Waals surface area contributed by atoms with Crippen LogP contribution in [0.25, 0.3) is 11.1 Å². The highest BCUT2D eigenvalue weighted by atomic mass is 19.4. The van der Waals surface area contributed by atoms with Crippen molar-refractivity contribution < 1.29 is 23.1 Å². The highest BCUT2D eigenvalue weighted by molar-refractivity contribution is 5.94. The van der Waals surface area contributed by atoms with Gasteiger partial charge in [-0.15, -0.1) is 0 Å². The van der Waals surface area contributed by atoms with Crippen LogP contribution in [0.15, 0.2) is 30.3 Å². The first kappa shape index (κ1) is 12.2. The molecule has 2 rings (SSSR count). The summed E-state index contributed by atoms with van der Waals surface area (Å²) in [6, 6.07) is 7.46. The molecule has 0 atom stereocenters. The van der Waals surface area contributed by atoms with E-state index in [1.807, 2.05) is 0 Å². The van der Waals surface area contributed by atoms with Gasteiger partial charge in [0.15, 0.2) is 5.69 Å². The zero-order valence-electron chi connectivity index (χ0n) is 8.82. The van der Waals surface area contributed by atoms with Crippen molar-refractivity contribution in [3.05, 3.63) is 41.7 Å². The SMILES string of the molecule is O=C(O)c1n[nH]c(C(F)(F)F)c1-c1ccccc1. The number of alkyl halides is 3. The summed E-state index contributed by atoms with van der Waals surface area (Å²) in [5.74, 6) is -1.51. The number of carbonyl (C=O) groups is 1. The monoisotopic (exact) mass is 256 g/mol. The van der Waals surface area contributed by atoms with Crippen molar-refractivity contribution >= 4 is 5.97 Å². The number of hydrogen-bond acceptors (Lipinski definition) is 2. The largest absolute Gasteiger partial charge is 0.476 e. The summed E-state index contributed by atoms with van der Waals surface area (Å²) in [5, 5.41) is 13.8. The van der Waals surface area contributed by atoms with Crippen molar-refractivity contribution in [2.45, 2.75) is 6.18 Å². The molecular formula is C11H7F3N2O2. The van der Waals surface area contributed by atoms with E-state index in [0.717, 1.165) is 0 Å². The summed E-state index contributed by atoms with van der Waals surface area (Å²) in [6.45, 7) is 0. The van der Waals surface area contributed by atoms with Gasteiger partial charge in [0.1, 0.15) is 5.69 Å². The molecule has 2 N–H and O–H groups in total. The Bertz CT molecular complexity index is 576. The first-order valence-corrected chi connectivity index (χ1v) is 4.85. The normalized spacial score (nSPS) is 11.5. The fraction of sp³-hybridized carbons (Fsp3) is 0.0909. The average Bonchev–Trinajstić information content (AvgIpc) is 2.74. The first-order valence-electron chi connectivity index (χ1n) is 4.85. The molecule has 0 spiro atoms. The highest BCUT2D eigenvalue weighted by Crippen LogP contribution is 2.37. The number of hydrogen-bond donors (Lipinski definition) is 2. The molecule has 0 saturated heterocycles. The molecule has 0 radical (unpaired) electrons. The van der Waals surface area contributed by atoms with E-state index in [1.54, 1.807) is 11.2 Å². The maximum atomic E-state index is 12.7. The lowest BCUT2D eigenvalue weighted by atomic mass is 10.0. The van der Waals surface area contributed by atoms with Crippen LogP contribution in [0, 0.1) is 0 Å². The summed E-state index contributed by atoms with van der Waals surface area (Å²) in [5.41, 5.74) is -2.11. The maximum Gasteiger partial charge on any atom is 0.433 e. The summed E-state index contributed by atoms with van der Waals surface area (Å²) >= 11 is 0. The summed E-state index contributed by atoms with van der Waals surface area (Å²) in [6.07, 6.45) is -4.69. The number of halogens is 3. The second-order valence-electron chi connectivity index (χ2n) is 3.49. The Hall–Kier alpha value is -2.31. The Morgan fingerprint density at radius 3 is 2.33 bits per heavy atom. The van der Waals surface area contributed by atoms with Gasteiger partial charge < -0.3 is 5.11 Å². The number of rotatable bonds is 2. The van der Waals surface area contributed by atoms with Crippen LogP contribution in [0.3, 0.4) is 0 Å². The molecule has 18 heavy (non-hydrogen) atoms. The van der Waals surface area contributed by atoms with Gasteiger partial charge >= 0.3 is 12.1 Å². The van der Waals surface area contributed by atoms with Crippen LogP contribution in [0.2, 0.25) is 0 Å². The Labute approximate surface area is 99.1 Å². The van der Waals surface area contributed by atoms with Gasteiger partial charge in [-0.1, -0.05) is 30.3 Å². The molecule has 2 aromatic rings. The van der Waals surface area contributed by atoms with Crippen LogP contribution >= 0.6 is 0 Å². The lowest BCUT2D eigenvalue weighted by molar-refractivity contribution is -0.140. The van der Waals surface area contributed by atoms with Crippen LogP contribution in [0.1, 0.15) is 16.2 Å². The smallest absolute Gasteiger partial charge is 0.433 e. The molecule has 1 aromatic carbocycles. The third-order valence-electron chi connectivity index (χ3n) is 2.31. The van der Waals surface area contributed by atoms with Crippen LogP contribution in [-0.4, -0.2) is 21.3 Å². The van der Waals surface area contributed by atoms with Crippen molar-refractivity contribution in [1.82, 2.24) is 10.2 Å². The van der Waals surface area contributed by atoms with Gasteiger partial charge in [-0.25, -0.2) is 4.79 Å². The molecule has 0 unspecified atom stereocenters. The quantitative estimate of drug-likeness (QED) is 0.868. The fourth-order valence-corrected chi connectivity index (χ4v) is 1.59. The summed E-state index contributed by atoms with van der Waals surface area (Å²) in [7, 11) is 0.